The van der Waals surface area contributed by atoms with Gasteiger partial charge >= 0.3 is 0 Å². The van der Waals surface area contributed by atoms with Gasteiger partial charge in [0.15, 0.2) is 0 Å². The van der Waals surface area contributed by atoms with Gasteiger partial charge in [-0.3, -0.25) is 4.79 Å². The Kier molecular flexibility index (Phi) is 2.58. The summed E-state index contributed by atoms with van der Waals surface area (Å²) in [5.74, 6) is -0.0819. The van der Waals surface area contributed by atoms with Crippen LogP contribution < -0.4 is 0 Å². The van der Waals surface area contributed by atoms with Gasteiger partial charge < -0.3 is 10.0 Å². The molecule has 0 bridgehead atoms. The monoisotopic (exact) mass is 267 g/mol. The molecule has 0 spiro atoms. The highest BCUT2D eigenvalue weighted by atomic mass is 35.5. The first kappa shape index (κ1) is 11.0. The van der Waals surface area contributed by atoms with E-state index in [1.165, 1.54) is 11.3 Å². The number of carbonyl (C=O) groups is 1. The standard InChI is InChI=1S/C12H10ClNO2S/c13-10-8-3-1-2-4-9(8)17-11(10)12(16)14-5-7(15)6-14/h1-4,7,15H,5-6H2. The van der Waals surface area contributed by atoms with Crippen molar-refractivity contribution < 1.29 is 9.90 Å². The van der Waals surface area contributed by atoms with Crippen molar-refractivity contribution in [2.24, 2.45) is 0 Å². The number of hydrogen-bond donors (Lipinski definition) is 1. The summed E-state index contributed by atoms with van der Waals surface area (Å²) in [4.78, 5) is 14.3. The second kappa shape index (κ2) is 3.98. The largest absolute Gasteiger partial charge is 0.389 e. The van der Waals surface area contributed by atoms with Crippen LogP contribution in [0.5, 0.6) is 0 Å². The van der Waals surface area contributed by atoms with Gasteiger partial charge in [-0.05, 0) is 6.07 Å². The van der Waals surface area contributed by atoms with Crippen molar-refractivity contribution in [3.63, 3.8) is 0 Å². The van der Waals surface area contributed by atoms with Gasteiger partial charge in [-0.15, -0.1) is 11.3 Å². The number of fused-ring (bicyclic) bond motifs is 1. The van der Waals surface area contributed by atoms with E-state index >= 15 is 0 Å². The van der Waals surface area contributed by atoms with Gasteiger partial charge in [0.2, 0.25) is 0 Å². The van der Waals surface area contributed by atoms with Gasteiger partial charge in [-0.25, -0.2) is 0 Å². The van der Waals surface area contributed by atoms with Crippen LogP contribution in [0.4, 0.5) is 0 Å². The summed E-state index contributed by atoms with van der Waals surface area (Å²) in [6, 6.07) is 7.70. The molecule has 0 aliphatic carbocycles. The number of aliphatic hydroxyl groups excluding tert-OH is 1. The number of rotatable bonds is 1. The van der Waals surface area contributed by atoms with Crippen LogP contribution in [0.1, 0.15) is 9.67 Å². The van der Waals surface area contributed by atoms with Crippen LogP contribution in [0.15, 0.2) is 24.3 Å². The molecule has 3 nitrogen and oxygen atoms in total. The Balaban J connectivity index is 2.00. The highest BCUT2D eigenvalue weighted by Crippen LogP contribution is 2.36. The third-order valence-corrected chi connectivity index (χ3v) is 4.54. The lowest BCUT2D eigenvalue weighted by Gasteiger charge is -2.35. The van der Waals surface area contributed by atoms with E-state index in [9.17, 15) is 9.90 Å². The fourth-order valence-corrected chi connectivity index (χ4v) is 3.40. The molecule has 17 heavy (non-hydrogen) atoms. The fourth-order valence-electron chi connectivity index (χ4n) is 1.92. The molecule has 1 aliphatic rings. The molecule has 1 saturated heterocycles. The van der Waals surface area contributed by atoms with Gasteiger partial charge in [-0.2, -0.15) is 0 Å². The molecule has 1 N–H and O–H groups in total. The summed E-state index contributed by atoms with van der Waals surface area (Å²) in [5.41, 5.74) is 0. The molecule has 0 atom stereocenters. The van der Waals surface area contributed by atoms with Gasteiger partial charge in [0, 0.05) is 23.2 Å². The van der Waals surface area contributed by atoms with E-state index in [1.807, 2.05) is 24.3 Å². The average Bonchev–Trinajstić information content (AvgIpc) is 2.63. The van der Waals surface area contributed by atoms with Crippen LogP contribution in [0.2, 0.25) is 5.02 Å². The van der Waals surface area contributed by atoms with Gasteiger partial charge in [0.25, 0.3) is 5.91 Å². The summed E-state index contributed by atoms with van der Waals surface area (Å²) in [6.45, 7) is 0.812. The smallest absolute Gasteiger partial charge is 0.265 e. The Hall–Kier alpha value is -1.10. The lowest BCUT2D eigenvalue weighted by atomic mass is 10.1. The number of β-amino-alcohol motifs (C(OH)–C–C–N with tert-alkyl or cyclic N) is 1. The SMILES string of the molecule is O=C(c1sc2ccccc2c1Cl)N1CC(O)C1. The van der Waals surface area contributed by atoms with E-state index in [-0.39, 0.29) is 12.0 Å². The zero-order valence-corrected chi connectivity index (χ0v) is 10.5. The predicted molar refractivity (Wildman–Crippen MR) is 68.7 cm³/mol. The molecule has 0 saturated carbocycles. The zero-order chi connectivity index (χ0) is 12.0. The molecule has 1 aliphatic heterocycles. The number of carbonyl (C=O) groups excluding carboxylic acids is 1. The average molecular weight is 268 g/mol. The highest BCUT2D eigenvalue weighted by molar-refractivity contribution is 7.21. The second-order valence-electron chi connectivity index (χ2n) is 4.11. The van der Waals surface area contributed by atoms with Crippen molar-refractivity contribution in [3.05, 3.63) is 34.2 Å². The molecule has 0 radical (unpaired) electrons. The van der Waals surface area contributed by atoms with Gasteiger partial charge in [-0.1, -0.05) is 29.8 Å². The molecule has 2 heterocycles. The third-order valence-electron chi connectivity index (χ3n) is 2.88. The minimum atomic E-state index is -0.382. The molecule has 5 heteroatoms. The Morgan fingerprint density at radius 3 is 2.76 bits per heavy atom. The number of nitrogens with zero attached hydrogens (tertiary/aromatic N) is 1. The number of amides is 1. The molecule has 1 aromatic heterocycles. The number of halogens is 1. The molecular formula is C12H10ClNO2S. The van der Waals surface area contributed by atoms with Crippen molar-refractivity contribution in [3.8, 4) is 0 Å². The Morgan fingerprint density at radius 2 is 2.12 bits per heavy atom. The number of aliphatic hydroxyl groups is 1. The first-order valence-corrected chi connectivity index (χ1v) is 6.50. The highest BCUT2D eigenvalue weighted by Gasteiger charge is 2.31. The van der Waals surface area contributed by atoms with E-state index in [2.05, 4.69) is 0 Å². The first-order chi connectivity index (χ1) is 8.16. The Labute approximate surface area is 107 Å². The summed E-state index contributed by atoms with van der Waals surface area (Å²) in [7, 11) is 0. The molecule has 1 aromatic carbocycles. The Bertz CT molecular complexity index is 589. The van der Waals surface area contributed by atoms with Crippen molar-refractivity contribution in [2.75, 3.05) is 13.1 Å². The summed E-state index contributed by atoms with van der Waals surface area (Å²) < 4.78 is 1.02. The molecule has 88 valence electrons. The normalized spacial score (nSPS) is 16.2. The summed E-state index contributed by atoms with van der Waals surface area (Å²) in [6.07, 6.45) is -0.382. The Morgan fingerprint density at radius 1 is 1.41 bits per heavy atom. The molecular weight excluding hydrogens is 258 g/mol. The van der Waals surface area contributed by atoms with E-state index in [1.54, 1.807) is 4.90 Å². The number of likely N-dealkylation sites (tertiary alicyclic amines) is 1. The molecule has 1 fully saturated rings. The van der Waals surface area contributed by atoms with Crippen LogP contribution in [-0.4, -0.2) is 35.1 Å². The van der Waals surface area contributed by atoms with Crippen LogP contribution >= 0.6 is 22.9 Å². The van der Waals surface area contributed by atoms with Crippen LogP contribution in [-0.2, 0) is 0 Å². The van der Waals surface area contributed by atoms with Crippen LogP contribution in [0.3, 0.4) is 0 Å². The van der Waals surface area contributed by atoms with E-state index in [4.69, 9.17) is 11.6 Å². The predicted octanol–water partition coefficient (Wildman–Crippen LogP) is 2.37. The number of hydrogen-bond acceptors (Lipinski definition) is 3. The van der Waals surface area contributed by atoms with E-state index in [0.717, 1.165) is 10.1 Å². The molecule has 0 unspecified atom stereocenters. The van der Waals surface area contributed by atoms with Crippen molar-refractivity contribution >= 4 is 38.9 Å². The van der Waals surface area contributed by atoms with Gasteiger partial charge in [0.1, 0.15) is 4.88 Å². The fraction of sp³-hybridized carbons (Fsp3) is 0.250. The maximum absolute atomic E-state index is 12.1. The summed E-state index contributed by atoms with van der Waals surface area (Å²) >= 11 is 7.62. The van der Waals surface area contributed by atoms with Crippen LogP contribution in [0, 0.1) is 0 Å². The second-order valence-corrected chi connectivity index (χ2v) is 5.54. The molecule has 1 amide bonds. The third kappa shape index (κ3) is 1.73. The zero-order valence-electron chi connectivity index (χ0n) is 8.89. The minimum Gasteiger partial charge on any atom is -0.389 e. The lowest BCUT2D eigenvalue weighted by molar-refractivity contribution is 0.00624. The quantitative estimate of drug-likeness (QED) is 0.862. The minimum absolute atomic E-state index is 0.0819. The molecule has 3 rings (SSSR count). The lowest BCUT2D eigenvalue weighted by Crippen LogP contribution is -2.53. The van der Waals surface area contributed by atoms with Gasteiger partial charge in [0.05, 0.1) is 11.1 Å². The van der Waals surface area contributed by atoms with E-state index in [0.29, 0.717) is 23.0 Å². The maximum Gasteiger partial charge on any atom is 0.265 e. The van der Waals surface area contributed by atoms with Crippen LogP contribution in [0.25, 0.3) is 10.1 Å². The number of benzene rings is 1. The van der Waals surface area contributed by atoms with Crippen molar-refractivity contribution in [1.29, 1.82) is 0 Å². The van der Waals surface area contributed by atoms with Crippen molar-refractivity contribution in [1.82, 2.24) is 4.90 Å². The first-order valence-electron chi connectivity index (χ1n) is 5.31. The maximum atomic E-state index is 12.1. The molecule has 2 aromatic rings. The van der Waals surface area contributed by atoms with Crippen molar-refractivity contribution in [2.45, 2.75) is 6.10 Å². The summed E-state index contributed by atoms with van der Waals surface area (Å²) in [5, 5.41) is 10.6. The number of thiophene rings is 1. The topological polar surface area (TPSA) is 40.5 Å². The van der Waals surface area contributed by atoms with E-state index < -0.39 is 0 Å².